The lowest BCUT2D eigenvalue weighted by atomic mass is 10.2. The monoisotopic (exact) mass is 326 g/mol. The van der Waals surface area contributed by atoms with Crippen molar-refractivity contribution < 1.29 is 10.2 Å². The molecular weight excluding hydrogens is 312 g/mol. The van der Waals surface area contributed by atoms with Crippen LogP contribution in [0.1, 0.15) is 0 Å². The van der Waals surface area contributed by atoms with Gasteiger partial charge in [0, 0.05) is 30.4 Å². The number of thiazole rings is 1. The smallest absolute Gasteiger partial charge is 0.229 e. The summed E-state index contributed by atoms with van der Waals surface area (Å²) in [6.07, 6.45) is 1.66. The third kappa shape index (κ3) is 4.47. The fraction of sp³-hybridized carbons (Fsp3) is 0.308. The molecule has 2 aromatic rings. The first-order valence-electron chi connectivity index (χ1n) is 6.32. The highest BCUT2D eigenvalue weighted by atomic mass is 35.5. The molecule has 0 aliphatic heterocycles. The second-order valence-electron chi connectivity index (χ2n) is 4.08. The van der Waals surface area contributed by atoms with E-state index < -0.39 is 0 Å². The van der Waals surface area contributed by atoms with Crippen molar-refractivity contribution in [2.24, 2.45) is 10.2 Å². The molecule has 0 atom stereocenters. The van der Waals surface area contributed by atoms with Gasteiger partial charge < -0.3 is 15.1 Å². The van der Waals surface area contributed by atoms with E-state index in [2.05, 4.69) is 15.2 Å². The third-order valence-corrected chi connectivity index (χ3v) is 3.66. The van der Waals surface area contributed by atoms with Crippen molar-refractivity contribution in [3.8, 4) is 0 Å². The van der Waals surface area contributed by atoms with Crippen LogP contribution in [0.25, 0.3) is 0 Å². The lowest BCUT2D eigenvalue weighted by Crippen LogP contribution is -2.29. The predicted octanol–water partition coefficient (Wildman–Crippen LogP) is 3.00. The molecule has 2 N–H and O–H groups in total. The number of halogens is 1. The maximum atomic E-state index is 9.04. The van der Waals surface area contributed by atoms with Gasteiger partial charge in [0.05, 0.1) is 18.2 Å². The van der Waals surface area contributed by atoms with Gasteiger partial charge in [-0.15, -0.1) is 21.6 Å². The van der Waals surface area contributed by atoms with E-state index >= 15 is 0 Å². The Morgan fingerprint density at radius 3 is 2.52 bits per heavy atom. The Balaban J connectivity index is 2.16. The molecule has 0 saturated heterocycles. The topological polar surface area (TPSA) is 81.3 Å². The fourth-order valence-electron chi connectivity index (χ4n) is 1.75. The quantitative estimate of drug-likeness (QED) is 0.766. The molecule has 0 unspecified atom stereocenters. The summed E-state index contributed by atoms with van der Waals surface area (Å²) in [6.45, 7) is 0.861. The summed E-state index contributed by atoms with van der Waals surface area (Å²) in [4.78, 5) is 5.85. The molecule has 0 aliphatic carbocycles. The van der Waals surface area contributed by atoms with E-state index in [1.165, 1.54) is 11.3 Å². The van der Waals surface area contributed by atoms with Crippen LogP contribution >= 0.6 is 22.9 Å². The number of anilines is 1. The normalized spacial score (nSPS) is 11.2. The van der Waals surface area contributed by atoms with Gasteiger partial charge in [0.2, 0.25) is 5.13 Å². The molecule has 0 aliphatic rings. The molecule has 0 saturated carbocycles. The summed E-state index contributed by atoms with van der Waals surface area (Å²) in [5.41, 5.74) is 1.36. The Bertz CT molecular complexity index is 586. The van der Waals surface area contributed by atoms with Gasteiger partial charge in [0.15, 0.2) is 0 Å². The first kappa shape index (κ1) is 15.8. The molecule has 8 heteroatoms. The highest BCUT2D eigenvalue weighted by molar-refractivity contribution is 7.13. The fourth-order valence-corrected chi connectivity index (χ4v) is 2.41. The Labute approximate surface area is 131 Å². The van der Waals surface area contributed by atoms with Crippen molar-refractivity contribution in [3.05, 3.63) is 34.8 Å². The molecule has 0 radical (unpaired) electrons. The average molecular weight is 327 g/mol. The highest BCUT2D eigenvalue weighted by Gasteiger charge is 2.08. The second kappa shape index (κ2) is 8.04. The zero-order valence-electron chi connectivity index (χ0n) is 11.2. The first-order chi connectivity index (χ1) is 10.2. The van der Waals surface area contributed by atoms with Crippen LogP contribution < -0.4 is 4.90 Å². The summed E-state index contributed by atoms with van der Waals surface area (Å²) in [5.74, 6) is 0. The summed E-state index contributed by atoms with van der Waals surface area (Å²) < 4.78 is 0. The van der Waals surface area contributed by atoms with E-state index in [1.54, 1.807) is 18.3 Å². The number of nitrogens with zero attached hydrogens (tertiary/aromatic N) is 4. The highest BCUT2D eigenvalue weighted by Crippen LogP contribution is 2.31. The lowest BCUT2D eigenvalue weighted by Gasteiger charge is -2.23. The van der Waals surface area contributed by atoms with Crippen LogP contribution in [-0.2, 0) is 0 Å². The Hall–Kier alpha value is -1.54. The molecule has 0 bridgehead atoms. The van der Waals surface area contributed by atoms with Crippen LogP contribution in [0.15, 0.2) is 40.0 Å². The van der Waals surface area contributed by atoms with Crippen molar-refractivity contribution in [1.82, 2.24) is 4.98 Å². The number of aliphatic hydroxyl groups excluding tert-OH is 2. The standard InChI is InChI=1S/C13H15ClN4O2S/c14-11-9-10(18(4-6-19)5-7-20)1-2-12(11)16-17-13-15-3-8-21-13/h1-3,8-9,19-20H,4-7H2. The van der Waals surface area contributed by atoms with E-state index in [0.717, 1.165) is 5.69 Å². The molecule has 1 aromatic heterocycles. The summed E-state index contributed by atoms with van der Waals surface area (Å²) in [5, 5.41) is 29.0. The van der Waals surface area contributed by atoms with Crippen molar-refractivity contribution in [3.63, 3.8) is 0 Å². The molecule has 2 rings (SSSR count). The van der Waals surface area contributed by atoms with Gasteiger partial charge in [0.1, 0.15) is 5.69 Å². The van der Waals surface area contributed by atoms with Gasteiger partial charge in [-0.05, 0) is 18.2 Å². The SMILES string of the molecule is OCCN(CCO)c1ccc(N=Nc2nccs2)c(Cl)c1. The first-order valence-corrected chi connectivity index (χ1v) is 7.58. The van der Waals surface area contributed by atoms with Crippen LogP contribution in [-0.4, -0.2) is 41.5 Å². The molecule has 6 nitrogen and oxygen atoms in total. The molecular formula is C13H15ClN4O2S. The molecule has 0 spiro atoms. The summed E-state index contributed by atoms with van der Waals surface area (Å²) in [6, 6.07) is 5.31. The molecule has 1 aromatic carbocycles. The second-order valence-corrected chi connectivity index (χ2v) is 5.36. The number of azo groups is 1. The van der Waals surface area contributed by atoms with Crippen molar-refractivity contribution in [2.45, 2.75) is 0 Å². The van der Waals surface area contributed by atoms with E-state index in [9.17, 15) is 0 Å². The van der Waals surface area contributed by atoms with Gasteiger partial charge in [-0.25, -0.2) is 4.98 Å². The number of rotatable bonds is 7. The van der Waals surface area contributed by atoms with Crippen LogP contribution in [0, 0.1) is 0 Å². The van der Waals surface area contributed by atoms with Crippen molar-refractivity contribution in [2.75, 3.05) is 31.2 Å². The van der Waals surface area contributed by atoms with Crippen LogP contribution in [0.2, 0.25) is 5.02 Å². The van der Waals surface area contributed by atoms with Crippen LogP contribution in [0.4, 0.5) is 16.5 Å². The van der Waals surface area contributed by atoms with Gasteiger partial charge in [-0.1, -0.05) is 11.6 Å². The van der Waals surface area contributed by atoms with Gasteiger partial charge in [0.25, 0.3) is 0 Å². The maximum absolute atomic E-state index is 9.04. The third-order valence-electron chi connectivity index (χ3n) is 2.70. The number of aromatic nitrogens is 1. The van der Waals surface area contributed by atoms with Crippen molar-refractivity contribution in [1.29, 1.82) is 0 Å². The minimum absolute atomic E-state index is 0.00310. The zero-order chi connectivity index (χ0) is 15.1. The minimum Gasteiger partial charge on any atom is -0.395 e. The summed E-state index contributed by atoms with van der Waals surface area (Å²) in [7, 11) is 0. The van der Waals surface area contributed by atoms with E-state index in [-0.39, 0.29) is 13.2 Å². The van der Waals surface area contributed by atoms with E-state index in [4.69, 9.17) is 21.8 Å². The number of hydrogen-bond acceptors (Lipinski definition) is 7. The van der Waals surface area contributed by atoms with Gasteiger partial charge in [-0.3, -0.25) is 0 Å². The summed E-state index contributed by atoms with van der Waals surface area (Å²) >= 11 is 7.58. The van der Waals surface area contributed by atoms with Gasteiger partial charge >= 0.3 is 0 Å². The largest absolute Gasteiger partial charge is 0.395 e. The molecule has 1 heterocycles. The zero-order valence-corrected chi connectivity index (χ0v) is 12.8. The van der Waals surface area contributed by atoms with E-state index in [1.807, 2.05) is 16.3 Å². The molecule has 21 heavy (non-hydrogen) atoms. The number of benzene rings is 1. The number of hydrogen-bond donors (Lipinski definition) is 2. The van der Waals surface area contributed by atoms with Crippen LogP contribution in [0.5, 0.6) is 0 Å². The lowest BCUT2D eigenvalue weighted by molar-refractivity contribution is 0.281. The molecule has 112 valence electrons. The van der Waals surface area contributed by atoms with Gasteiger partial charge in [-0.2, -0.15) is 0 Å². The average Bonchev–Trinajstić information content (AvgIpc) is 2.99. The van der Waals surface area contributed by atoms with Crippen molar-refractivity contribution >= 4 is 39.4 Å². The Morgan fingerprint density at radius 2 is 1.95 bits per heavy atom. The number of aliphatic hydroxyl groups is 2. The molecule has 0 fully saturated rings. The Morgan fingerprint density at radius 1 is 1.19 bits per heavy atom. The minimum atomic E-state index is 0.00310. The Kier molecular flexibility index (Phi) is 6.06. The molecule has 0 amide bonds. The van der Waals surface area contributed by atoms with Crippen LogP contribution in [0.3, 0.4) is 0 Å². The maximum Gasteiger partial charge on any atom is 0.229 e. The predicted molar refractivity (Wildman–Crippen MR) is 84.1 cm³/mol. The van der Waals surface area contributed by atoms with E-state index in [0.29, 0.717) is 28.9 Å².